The fraction of sp³-hybridized carbons (Fsp3) is 0.625. The van der Waals surface area contributed by atoms with E-state index in [1.807, 2.05) is 6.92 Å². The minimum Gasteiger partial charge on any atom is -0.469 e. The molecule has 4 nitrogen and oxygen atoms in total. The number of ether oxygens (including phenoxy) is 1. The van der Waals surface area contributed by atoms with Gasteiger partial charge in [-0.25, -0.2) is 0 Å². The Morgan fingerprint density at radius 2 is 2.47 bits per heavy atom. The lowest BCUT2D eigenvalue weighted by Gasteiger charge is -2.07. The molecule has 0 aliphatic heterocycles. The Kier molecular flexibility index (Phi) is 5.35. The molecule has 1 heterocycles. The van der Waals surface area contributed by atoms with Crippen molar-refractivity contribution in [3.05, 3.63) is 10.0 Å². The predicted octanol–water partition coefficient (Wildman–Crippen LogP) is 2.38. The molecule has 0 saturated heterocycles. The summed E-state index contributed by atoms with van der Waals surface area (Å²) in [5.74, 6) is 0.477. The Labute approximate surface area is 102 Å². The molecule has 0 radical (unpaired) electrons. The van der Waals surface area contributed by atoms with Crippen molar-refractivity contribution in [1.82, 2.24) is 9.59 Å². The number of methoxy groups -OCH3 is 1. The van der Waals surface area contributed by atoms with Crippen LogP contribution in [0.1, 0.15) is 19.0 Å². The largest absolute Gasteiger partial charge is 0.469 e. The zero-order valence-corrected chi connectivity index (χ0v) is 10.8. The highest BCUT2D eigenvalue weighted by molar-refractivity contribution is 7.99. The first-order valence-corrected chi connectivity index (χ1v) is 6.48. The average molecular weight is 267 g/mol. The molecule has 0 spiro atoms. The Bertz CT molecular complexity index is 332. The maximum atomic E-state index is 11.0. The third-order valence-corrected chi connectivity index (χ3v) is 3.86. The van der Waals surface area contributed by atoms with Crippen molar-refractivity contribution in [2.45, 2.75) is 24.3 Å². The number of carbonyl (C=O) groups excluding carboxylic acids is 1. The van der Waals surface area contributed by atoms with E-state index in [1.54, 1.807) is 11.8 Å². The Morgan fingerprint density at radius 3 is 3.00 bits per heavy atom. The first-order chi connectivity index (χ1) is 7.13. The van der Waals surface area contributed by atoms with E-state index in [0.717, 1.165) is 5.69 Å². The van der Waals surface area contributed by atoms with Crippen LogP contribution in [-0.2, 0) is 15.3 Å². The van der Waals surface area contributed by atoms with Gasteiger partial charge in [0.25, 0.3) is 0 Å². The topological polar surface area (TPSA) is 52.1 Å². The summed E-state index contributed by atoms with van der Waals surface area (Å²) in [6.45, 7) is 1.97. The summed E-state index contributed by atoms with van der Waals surface area (Å²) < 4.78 is 8.93. The van der Waals surface area contributed by atoms with Gasteiger partial charge in [0.2, 0.25) is 0 Å². The van der Waals surface area contributed by atoms with Gasteiger partial charge in [-0.15, -0.1) is 5.10 Å². The van der Waals surface area contributed by atoms with E-state index in [9.17, 15) is 4.79 Å². The maximum absolute atomic E-state index is 11.0. The molecule has 1 atom stereocenters. The van der Waals surface area contributed by atoms with E-state index < -0.39 is 0 Å². The second-order valence-electron chi connectivity index (χ2n) is 2.90. The number of thioether (sulfide) groups is 1. The monoisotopic (exact) mass is 266 g/mol. The number of nitrogens with zero attached hydrogens (tertiary/aromatic N) is 2. The van der Waals surface area contributed by atoms with Crippen LogP contribution in [0.25, 0.3) is 0 Å². The summed E-state index contributed by atoms with van der Waals surface area (Å²) in [4.78, 5) is 11.0. The first kappa shape index (κ1) is 12.7. The lowest BCUT2D eigenvalue weighted by molar-refractivity contribution is -0.140. The smallest absolute Gasteiger partial charge is 0.306 e. The van der Waals surface area contributed by atoms with E-state index in [0.29, 0.717) is 16.5 Å². The van der Waals surface area contributed by atoms with E-state index in [4.69, 9.17) is 11.6 Å². The molecular formula is C8H11ClN2O2S2. The SMILES string of the molecule is COC(=O)CC(C)SCc1nnsc1Cl. The van der Waals surface area contributed by atoms with Gasteiger partial charge in [0.15, 0.2) is 0 Å². The molecule has 7 heteroatoms. The highest BCUT2D eigenvalue weighted by Crippen LogP contribution is 2.25. The highest BCUT2D eigenvalue weighted by Gasteiger charge is 2.12. The Morgan fingerprint density at radius 1 is 1.73 bits per heavy atom. The molecule has 0 aromatic carbocycles. The number of hydrogen-bond acceptors (Lipinski definition) is 6. The van der Waals surface area contributed by atoms with Crippen LogP contribution >= 0.6 is 34.9 Å². The van der Waals surface area contributed by atoms with Crippen molar-refractivity contribution in [2.75, 3.05) is 7.11 Å². The summed E-state index contributed by atoms with van der Waals surface area (Å²) in [6.07, 6.45) is 0.399. The van der Waals surface area contributed by atoms with Crippen molar-refractivity contribution in [2.24, 2.45) is 0 Å². The summed E-state index contributed by atoms with van der Waals surface area (Å²) in [5.41, 5.74) is 0.781. The van der Waals surface area contributed by atoms with E-state index in [1.165, 1.54) is 18.6 Å². The lowest BCUT2D eigenvalue weighted by Crippen LogP contribution is -2.08. The van der Waals surface area contributed by atoms with Crippen LogP contribution in [0.2, 0.25) is 4.34 Å². The number of hydrogen-bond donors (Lipinski definition) is 0. The fourth-order valence-corrected chi connectivity index (χ4v) is 2.58. The summed E-state index contributed by atoms with van der Waals surface area (Å²) in [7, 11) is 1.39. The van der Waals surface area contributed by atoms with Crippen molar-refractivity contribution in [3.8, 4) is 0 Å². The molecule has 0 fully saturated rings. The molecule has 0 bridgehead atoms. The van der Waals surface area contributed by atoms with Crippen molar-refractivity contribution >= 4 is 40.9 Å². The molecule has 0 aliphatic rings. The molecule has 1 aromatic rings. The van der Waals surface area contributed by atoms with Gasteiger partial charge in [0.1, 0.15) is 10.0 Å². The van der Waals surface area contributed by atoms with Crippen molar-refractivity contribution in [1.29, 1.82) is 0 Å². The second-order valence-corrected chi connectivity index (χ2v) is 5.68. The second kappa shape index (κ2) is 6.30. The van der Waals surface area contributed by atoms with Crippen molar-refractivity contribution < 1.29 is 9.53 Å². The Hall–Kier alpha value is -0.330. The summed E-state index contributed by atoms with van der Waals surface area (Å²) >= 11 is 8.63. The van der Waals surface area contributed by atoms with Crippen LogP contribution in [0, 0.1) is 0 Å². The predicted molar refractivity (Wildman–Crippen MR) is 62.3 cm³/mol. The number of aromatic nitrogens is 2. The van der Waals surface area contributed by atoms with Crippen LogP contribution in [0.4, 0.5) is 0 Å². The minimum absolute atomic E-state index is 0.190. The maximum Gasteiger partial charge on any atom is 0.306 e. The van der Waals surface area contributed by atoms with Crippen molar-refractivity contribution in [3.63, 3.8) is 0 Å². The lowest BCUT2D eigenvalue weighted by atomic mass is 10.3. The number of esters is 1. The van der Waals surface area contributed by atoms with Gasteiger partial charge in [-0.3, -0.25) is 4.79 Å². The highest BCUT2D eigenvalue weighted by atomic mass is 35.5. The summed E-state index contributed by atoms with van der Waals surface area (Å²) in [6, 6.07) is 0. The zero-order chi connectivity index (χ0) is 11.3. The van der Waals surface area contributed by atoms with Gasteiger partial charge in [-0.1, -0.05) is 23.0 Å². The van der Waals surface area contributed by atoms with Gasteiger partial charge in [0.05, 0.1) is 13.5 Å². The number of halogens is 1. The van der Waals surface area contributed by atoms with Crippen LogP contribution in [0.3, 0.4) is 0 Å². The minimum atomic E-state index is -0.197. The quantitative estimate of drug-likeness (QED) is 0.766. The number of rotatable bonds is 5. The molecule has 0 aliphatic carbocycles. The molecule has 1 aromatic heterocycles. The molecule has 0 N–H and O–H groups in total. The van der Waals surface area contributed by atoms with E-state index in [-0.39, 0.29) is 11.2 Å². The van der Waals surface area contributed by atoms with Gasteiger partial charge < -0.3 is 4.74 Å². The molecule has 1 rings (SSSR count). The summed E-state index contributed by atoms with van der Waals surface area (Å²) in [5, 5.41) is 4.08. The van der Waals surface area contributed by atoms with Gasteiger partial charge in [0, 0.05) is 22.5 Å². The standard InChI is InChI=1S/C8H11ClN2O2S2/c1-5(3-7(12)13-2)14-4-6-8(9)15-11-10-6/h5H,3-4H2,1-2H3. The third-order valence-electron chi connectivity index (χ3n) is 1.70. The molecule has 1 unspecified atom stereocenters. The molecule has 0 saturated carbocycles. The van der Waals surface area contributed by atoms with E-state index >= 15 is 0 Å². The normalized spacial score (nSPS) is 12.5. The molecular weight excluding hydrogens is 256 g/mol. The third kappa shape index (κ3) is 4.36. The van der Waals surface area contributed by atoms with Crippen LogP contribution in [0.5, 0.6) is 0 Å². The fourth-order valence-electron chi connectivity index (χ4n) is 0.881. The van der Waals surface area contributed by atoms with Gasteiger partial charge in [-0.05, 0) is 0 Å². The molecule has 15 heavy (non-hydrogen) atoms. The average Bonchev–Trinajstić information content (AvgIpc) is 2.61. The van der Waals surface area contributed by atoms with E-state index in [2.05, 4.69) is 14.3 Å². The molecule has 0 amide bonds. The Balaban J connectivity index is 2.31. The zero-order valence-electron chi connectivity index (χ0n) is 8.40. The van der Waals surface area contributed by atoms with Gasteiger partial charge >= 0.3 is 5.97 Å². The number of carbonyl (C=O) groups is 1. The van der Waals surface area contributed by atoms with Gasteiger partial charge in [-0.2, -0.15) is 11.8 Å². The molecule has 84 valence electrons. The van der Waals surface area contributed by atoms with Crippen LogP contribution in [-0.4, -0.2) is 27.9 Å². The van der Waals surface area contributed by atoms with Crippen LogP contribution in [0.15, 0.2) is 0 Å². The first-order valence-electron chi connectivity index (χ1n) is 4.28. The van der Waals surface area contributed by atoms with Crippen LogP contribution < -0.4 is 0 Å².